The van der Waals surface area contributed by atoms with E-state index in [1.54, 1.807) is 19.3 Å². The molecule has 1 aliphatic carbocycles. The first-order valence-corrected chi connectivity index (χ1v) is 9.23. The number of nitrogens with zero attached hydrogens (tertiary/aromatic N) is 2. The molecule has 0 spiro atoms. The number of hydrogen-bond acceptors (Lipinski definition) is 4. The van der Waals surface area contributed by atoms with Crippen LogP contribution in [0.15, 0.2) is 12.3 Å². The number of aryl methyl sites for hydroxylation is 1. The third kappa shape index (κ3) is 3.33. The van der Waals surface area contributed by atoms with Crippen LogP contribution < -0.4 is 11.1 Å². The maximum Gasteiger partial charge on any atom is 0.274 e. The lowest BCUT2D eigenvalue weighted by Gasteiger charge is -2.33. The van der Waals surface area contributed by atoms with Crippen LogP contribution in [0.3, 0.4) is 0 Å². The molecule has 1 atom stereocenters. The van der Waals surface area contributed by atoms with E-state index in [4.69, 9.17) is 5.73 Å². The van der Waals surface area contributed by atoms with Crippen LogP contribution in [0.2, 0.25) is 0 Å². The quantitative estimate of drug-likeness (QED) is 0.882. The third-order valence-corrected chi connectivity index (χ3v) is 6.19. The van der Waals surface area contributed by atoms with Gasteiger partial charge in [-0.25, -0.2) is 0 Å². The minimum Gasteiger partial charge on any atom is -0.365 e. The van der Waals surface area contributed by atoms with E-state index in [0.29, 0.717) is 22.2 Å². The minimum absolute atomic E-state index is 0.215. The van der Waals surface area contributed by atoms with Crippen molar-refractivity contribution in [1.29, 1.82) is 0 Å². The molecule has 0 bridgehead atoms. The molecule has 3 rings (SSSR count). The second kappa shape index (κ2) is 6.29. The summed E-state index contributed by atoms with van der Waals surface area (Å²) < 4.78 is 1.50. The number of carbonyl (C=O) groups excluding carboxylic acids is 2. The minimum atomic E-state index is -0.480. The van der Waals surface area contributed by atoms with Gasteiger partial charge in [0.05, 0.1) is 5.56 Å². The molecule has 7 heteroatoms. The number of thiophene rings is 1. The van der Waals surface area contributed by atoms with Gasteiger partial charge in [-0.05, 0) is 42.2 Å². The van der Waals surface area contributed by atoms with Gasteiger partial charge in [0.1, 0.15) is 10.7 Å². The summed E-state index contributed by atoms with van der Waals surface area (Å²) in [5.41, 5.74) is 7.77. The van der Waals surface area contributed by atoms with Crippen LogP contribution in [0.4, 0.5) is 5.00 Å². The molecule has 134 valence electrons. The van der Waals surface area contributed by atoms with Crippen LogP contribution in [0.1, 0.15) is 58.5 Å². The Labute approximate surface area is 151 Å². The van der Waals surface area contributed by atoms with Gasteiger partial charge >= 0.3 is 0 Å². The predicted molar refractivity (Wildman–Crippen MR) is 99.0 cm³/mol. The van der Waals surface area contributed by atoms with Crippen LogP contribution in [-0.2, 0) is 19.9 Å². The lowest BCUT2D eigenvalue weighted by Crippen LogP contribution is -2.27. The maximum absolute atomic E-state index is 12.5. The van der Waals surface area contributed by atoms with Gasteiger partial charge in [0.25, 0.3) is 11.8 Å². The molecule has 0 saturated heterocycles. The highest BCUT2D eigenvalue weighted by Crippen LogP contribution is 2.44. The first kappa shape index (κ1) is 17.7. The molecule has 3 N–H and O–H groups in total. The Morgan fingerprint density at radius 1 is 1.40 bits per heavy atom. The van der Waals surface area contributed by atoms with E-state index in [1.165, 1.54) is 20.9 Å². The Kier molecular flexibility index (Phi) is 4.45. The van der Waals surface area contributed by atoms with Gasteiger partial charge in [-0.2, -0.15) is 5.10 Å². The lowest BCUT2D eigenvalue weighted by molar-refractivity contribution is 0.1000. The zero-order chi connectivity index (χ0) is 18.4. The first-order chi connectivity index (χ1) is 11.7. The standard InChI is InChI=1S/C18H24N4O2S/c1-18(2,3)10-5-6-11-13(9-10)25-17(14(11)15(19)23)21-16(24)12-7-8-20-22(12)4/h7-8,10H,5-6,9H2,1-4H3,(H2,19,23)(H,21,24). The average Bonchev–Trinajstić information content (AvgIpc) is 3.08. The van der Waals surface area contributed by atoms with E-state index < -0.39 is 5.91 Å². The zero-order valence-corrected chi connectivity index (χ0v) is 15.9. The molecule has 0 aliphatic heterocycles. The van der Waals surface area contributed by atoms with Gasteiger partial charge in [0.2, 0.25) is 0 Å². The van der Waals surface area contributed by atoms with Crippen LogP contribution in [0.5, 0.6) is 0 Å². The molecule has 0 saturated carbocycles. The van der Waals surface area contributed by atoms with Gasteiger partial charge in [-0.15, -0.1) is 11.3 Å². The van der Waals surface area contributed by atoms with Crippen molar-refractivity contribution in [3.05, 3.63) is 34.0 Å². The molecular weight excluding hydrogens is 336 g/mol. The van der Waals surface area contributed by atoms with Crippen LogP contribution >= 0.6 is 11.3 Å². The van der Waals surface area contributed by atoms with E-state index in [9.17, 15) is 9.59 Å². The second-order valence-electron chi connectivity index (χ2n) is 7.67. The molecule has 0 aromatic carbocycles. The van der Waals surface area contributed by atoms with Crippen LogP contribution in [0.25, 0.3) is 0 Å². The van der Waals surface area contributed by atoms with E-state index >= 15 is 0 Å². The predicted octanol–water partition coefficient (Wildman–Crippen LogP) is 2.98. The summed E-state index contributed by atoms with van der Waals surface area (Å²) in [5.74, 6) is -0.208. The molecule has 2 heterocycles. The Hall–Kier alpha value is -2.15. The summed E-state index contributed by atoms with van der Waals surface area (Å²) in [4.78, 5) is 25.7. The Morgan fingerprint density at radius 2 is 2.12 bits per heavy atom. The Morgan fingerprint density at radius 3 is 2.68 bits per heavy atom. The maximum atomic E-state index is 12.5. The fourth-order valence-corrected chi connectivity index (χ4v) is 4.77. The highest BCUT2D eigenvalue weighted by Gasteiger charge is 2.33. The normalized spacial score (nSPS) is 17.2. The number of hydrogen-bond donors (Lipinski definition) is 2. The summed E-state index contributed by atoms with van der Waals surface area (Å²) >= 11 is 1.48. The van der Waals surface area contributed by atoms with Crippen molar-refractivity contribution in [3.63, 3.8) is 0 Å². The van der Waals surface area contributed by atoms with Gasteiger partial charge in [-0.1, -0.05) is 20.8 Å². The Balaban J connectivity index is 1.93. The topological polar surface area (TPSA) is 90.0 Å². The van der Waals surface area contributed by atoms with Crippen molar-refractivity contribution in [2.45, 2.75) is 40.0 Å². The van der Waals surface area contributed by atoms with Crippen LogP contribution in [0, 0.1) is 11.3 Å². The number of nitrogens with one attached hydrogen (secondary N) is 1. The van der Waals surface area contributed by atoms with E-state index in [-0.39, 0.29) is 11.3 Å². The van der Waals surface area contributed by atoms with Crippen molar-refractivity contribution in [2.75, 3.05) is 5.32 Å². The molecule has 1 unspecified atom stereocenters. The van der Waals surface area contributed by atoms with Crippen molar-refractivity contribution in [1.82, 2.24) is 9.78 Å². The summed E-state index contributed by atoms with van der Waals surface area (Å²) in [6.07, 6.45) is 4.35. The molecule has 6 nitrogen and oxygen atoms in total. The highest BCUT2D eigenvalue weighted by molar-refractivity contribution is 7.17. The van der Waals surface area contributed by atoms with E-state index in [2.05, 4.69) is 31.2 Å². The number of primary amides is 1. The fourth-order valence-electron chi connectivity index (χ4n) is 3.44. The molecule has 2 aromatic heterocycles. The zero-order valence-electron chi connectivity index (χ0n) is 15.0. The molecule has 2 amide bonds. The van der Waals surface area contributed by atoms with Crippen molar-refractivity contribution in [2.24, 2.45) is 24.1 Å². The summed E-state index contributed by atoms with van der Waals surface area (Å²) in [7, 11) is 1.71. The van der Waals surface area contributed by atoms with Gasteiger partial charge in [0, 0.05) is 18.1 Å². The largest absolute Gasteiger partial charge is 0.365 e. The summed E-state index contributed by atoms with van der Waals surface area (Å²) in [5, 5.41) is 7.42. The molecular formula is C18H24N4O2S. The number of carbonyl (C=O) groups is 2. The number of aromatic nitrogens is 2. The van der Waals surface area contributed by atoms with E-state index in [0.717, 1.165) is 24.8 Å². The summed E-state index contributed by atoms with van der Waals surface area (Å²) in [6, 6.07) is 1.64. The van der Waals surface area contributed by atoms with Gasteiger partial charge < -0.3 is 11.1 Å². The number of fused-ring (bicyclic) bond motifs is 1. The molecule has 25 heavy (non-hydrogen) atoms. The SMILES string of the molecule is Cn1nccc1C(=O)Nc1sc2c(c1C(N)=O)CCC(C(C)(C)C)C2. The number of nitrogens with two attached hydrogens (primary N) is 1. The Bertz CT molecular complexity index is 829. The molecule has 1 aliphatic rings. The number of anilines is 1. The second-order valence-corrected chi connectivity index (χ2v) is 8.78. The van der Waals surface area contributed by atoms with E-state index in [1.807, 2.05) is 0 Å². The molecule has 0 radical (unpaired) electrons. The molecule has 2 aromatic rings. The van der Waals surface area contributed by atoms with Crippen molar-refractivity contribution >= 4 is 28.2 Å². The van der Waals surface area contributed by atoms with Crippen molar-refractivity contribution < 1.29 is 9.59 Å². The monoisotopic (exact) mass is 360 g/mol. The van der Waals surface area contributed by atoms with Crippen LogP contribution in [-0.4, -0.2) is 21.6 Å². The highest BCUT2D eigenvalue weighted by atomic mass is 32.1. The lowest BCUT2D eigenvalue weighted by atomic mass is 9.72. The van der Waals surface area contributed by atoms with Gasteiger partial charge in [0.15, 0.2) is 0 Å². The first-order valence-electron chi connectivity index (χ1n) is 8.42. The molecule has 0 fully saturated rings. The van der Waals surface area contributed by atoms with Gasteiger partial charge in [-0.3, -0.25) is 14.3 Å². The fraction of sp³-hybridized carbons (Fsp3) is 0.500. The van der Waals surface area contributed by atoms with Crippen molar-refractivity contribution in [3.8, 4) is 0 Å². The third-order valence-electron chi connectivity index (χ3n) is 5.02. The smallest absolute Gasteiger partial charge is 0.274 e. The average molecular weight is 360 g/mol. The number of rotatable bonds is 3. The number of amides is 2. The summed E-state index contributed by atoms with van der Waals surface area (Å²) in [6.45, 7) is 6.74.